The third-order valence-electron chi connectivity index (χ3n) is 3.71. The Balaban J connectivity index is 1.96. The van der Waals surface area contributed by atoms with Crippen LogP contribution in [0.5, 0.6) is 0 Å². The number of imide groups is 1. The summed E-state index contributed by atoms with van der Waals surface area (Å²) in [7, 11) is 0. The Labute approximate surface area is 149 Å². The normalized spacial score (nSPS) is 17.6. The Morgan fingerprint density at radius 1 is 1.18 bits per heavy atom. The number of amides is 2. The van der Waals surface area contributed by atoms with E-state index in [9.17, 15) is 14.4 Å². The summed E-state index contributed by atoms with van der Waals surface area (Å²) in [6.45, 7) is 2.19. The Bertz CT molecular complexity index is 795. The van der Waals surface area contributed by atoms with Crippen LogP contribution in [0.25, 0.3) is 0 Å². The van der Waals surface area contributed by atoms with Crippen molar-refractivity contribution in [3.8, 4) is 0 Å². The number of hydrogen-bond donors (Lipinski definition) is 0. The summed E-state index contributed by atoms with van der Waals surface area (Å²) in [5.74, 6) is -0.870. The molecule has 112 valence electrons. The van der Waals surface area contributed by atoms with Crippen molar-refractivity contribution in [3.63, 3.8) is 0 Å². The van der Waals surface area contributed by atoms with Crippen LogP contribution < -0.4 is 0 Å². The van der Waals surface area contributed by atoms with Crippen molar-refractivity contribution in [2.45, 2.75) is 19.9 Å². The minimum atomic E-state index is -0.396. The quantitative estimate of drug-likeness (QED) is 0.492. The summed E-state index contributed by atoms with van der Waals surface area (Å²) in [5, 5.41) is 0. The molecule has 0 unspecified atom stereocenters. The summed E-state index contributed by atoms with van der Waals surface area (Å²) in [5.41, 5.74) is 2.56. The van der Waals surface area contributed by atoms with Crippen molar-refractivity contribution in [1.29, 1.82) is 0 Å². The highest BCUT2D eigenvalue weighted by atomic mass is 127. The first-order valence-electron chi connectivity index (χ1n) is 6.64. The molecule has 3 rings (SSSR count). The summed E-state index contributed by atoms with van der Waals surface area (Å²) >= 11 is 5.70. The molecule has 0 bridgehead atoms. The fourth-order valence-corrected chi connectivity index (χ4v) is 3.61. The lowest BCUT2D eigenvalue weighted by atomic mass is 9.99. The van der Waals surface area contributed by atoms with Gasteiger partial charge >= 0.3 is 0 Å². The van der Waals surface area contributed by atoms with E-state index in [0.717, 1.165) is 19.2 Å². The third kappa shape index (κ3) is 2.58. The van der Waals surface area contributed by atoms with Gasteiger partial charge in [0.2, 0.25) is 0 Å². The summed E-state index contributed by atoms with van der Waals surface area (Å²) in [6, 6.07) is 3.92. The number of likely N-dealkylation sites (tertiary alicyclic amines) is 1. The number of hydrogen-bond acceptors (Lipinski definition) is 3. The molecule has 2 amide bonds. The SMILES string of the molecule is Cc1cc(Br)c(CN2C(=O)C3=CCC(=O)C=C3C2=O)cc1I. The molecule has 0 spiro atoms. The molecule has 0 saturated carbocycles. The van der Waals surface area contributed by atoms with Crippen molar-refractivity contribution in [3.05, 3.63) is 54.6 Å². The van der Waals surface area contributed by atoms with E-state index in [1.54, 1.807) is 6.08 Å². The number of fused-ring (bicyclic) bond motifs is 1. The van der Waals surface area contributed by atoms with Crippen molar-refractivity contribution < 1.29 is 14.4 Å². The zero-order valence-corrected chi connectivity index (χ0v) is 15.4. The lowest BCUT2D eigenvalue weighted by Gasteiger charge is -2.15. The molecule has 0 atom stereocenters. The van der Waals surface area contributed by atoms with Gasteiger partial charge in [0.05, 0.1) is 12.1 Å². The van der Waals surface area contributed by atoms with E-state index in [0.29, 0.717) is 5.57 Å². The predicted octanol–water partition coefficient (Wildman–Crippen LogP) is 3.06. The molecular weight excluding hydrogens is 461 g/mol. The number of ketones is 1. The van der Waals surface area contributed by atoms with Crippen LogP contribution in [0.15, 0.2) is 39.9 Å². The van der Waals surface area contributed by atoms with Crippen LogP contribution in [0.4, 0.5) is 0 Å². The second-order valence-electron chi connectivity index (χ2n) is 5.24. The maximum absolute atomic E-state index is 12.4. The molecule has 0 N–H and O–H groups in total. The largest absolute Gasteiger partial charge is 0.294 e. The lowest BCUT2D eigenvalue weighted by Crippen LogP contribution is -2.29. The highest BCUT2D eigenvalue weighted by molar-refractivity contribution is 14.1. The van der Waals surface area contributed by atoms with Crippen molar-refractivity contribution in [2.75, 3.05) is 0 Å². The first kappa shape index (κ1) is 15.6. The fourth-order valence-electron chi connectivity index (χ4n) is 2.50. The number of carbonyl (C=O) groups is 3. The predicted molar refractivity (Wildman–Crippen MR) is 92.9 cm³/mol. The molecule has 1 heterocycles. The molecular formula is C16H11BrINO3. The van der Waals surface area contributed by atoms with Crippen LogP contribution in [0.2, 0.25) is 0 Å². The highest BCUT2D eigenvalue weighted by Gasteiger charge is 2.40. The van der Waals surface area contributed by atoms with Gasteiger partial charge in [0.1, 0.15) is 0 Å². The van der Waals surface area contributed by atoms with Gasteiger partial charge in [-0.25, -0.2) is 0 Å². The first-order valence-corrected chi connectivity index (χ1v) is 8.51. The molecule has 1 aromatic carbocycles. The van der Waals surface area contributed by atoms with Gasteiger partial charge in [-0.15, -0.1) is 0 Å². The summed E-state index contributed by atoms with van der Waals surface area (Å²) in [4.78, 5) is 37.4. The van der Waals surface area contributed by atoms with E-state index in [4.69, 9.17) is 0 Å². The second-order valence-corrected chi connectivity index (χ2v) is 7.25. The summed E-state index contributed by atoms with van der Waals surface area (Å²) in [6.07, 6.45) is 3.01. The molecule has 0 aromatic heterocycles. The standard InChI is InChI=1S/C16H11BrINO3/c1-8-4-13(17)9(5-14(8)18)7-19-15(21)11-3-2-10(20)6-12(11)16(19)22/h3-6H,2,7H2,1H3. The molecule has 6 heteroatoms. The highest BCUT2D eigenvalue weighted by Crippen LogP contribution is 2.31. The zero-order chi connectivity index (χ0) is 16.0. The van der Waals surface area contributed by atoms with Gasteiger partial charge in [0.25, 0.3) is 11.8 Å². The minimum absolute atomic E-state index is 0.146. The first-order chi connectivity index (χ1) is 10.4. The number of allylic oxidation sites excluding steroid dienone is 2. The molecule has 2 aliphatic rings. The van der Waals surface area contributed by atoms with Gasteiger partial charge in [-0.3, -0.25) is 19.3 Å². The van der Waals surface area contributed by atoms with Gasteiger partial charge in [-0.2, -0.15) is 0 Å². The number of halogens is 2. The molecule has 4 nitrogen and oxygen atoms in total. The Kier molecular flexibility index (Phi) is 4.07. The number of benzene rings is 1. The maximum Gasteiger partial charge on any atom is 0.261 e. The van der Waals surface area contributed by atoms with E-state index < -0.39 is 5.91 Å². The Morgan fingerprint density at radius 3 is 2.59 bits per heavy atom. The minimum Gasteiger partial charge on any atom is -0.294 e. The number of rotatable bonds is 2. The maximum atomic E-state index is 12.4. The van der Waals surface area contributed by atoms with Crippen LogP contribution in [-0.2, 0) is 20.9 Å². The van der Waals surface area contributed by atoms with Crippen LogP contribution in [-0.4, -0.2) is 22.5 Å². The molecule has 0 radical (unpaired) electrons. The molecule has 1 aromatic rings. The Morgan fingerprint density at radius 2 is 1.86 bits per heavy atom. The van der Waals surface area contributed by atoms with Gasteiger partial charge < -0.3 is 0 Å². The van der Waals surface area contributed by atoms with Crippen LogP contribution in [0.3, 0.4) is 0 Å². The van der Waals surface area contributed by atoms with Gasteiger partial charge in [-0.05, 0) is 58.9 Å². The topological polar surface area (TPSA) is 54.5 Å². The van der Waals surface area contributed by atoms with Crippen LogP contribution >= 0.6 is 38.5 Å². The van der Waals surface area contributed by atoms with Crippen LogP contribution in [0, 0.1) is 10.5 Å². The van der Waals surface area contributed by atoms with E-state index in [-0.39, 0.29) is 30.2 Å². The second kappa shape index (κ2) is 5.73. The van der Waals surface area contributed by atoms with Crippen molar-refractivity contribution >= 4 is 56.1 Å². The van der Waals surface area contributed by atoms with Gasteiger partial charge in [-0.1, -0.05) is 22.0 Å². The van der Waals surface area contributed by atoms with E-state index >= 15 is 0 Å². The van der Waals surface area contributed by atoms with E-state index in [2.05, 4.69) is 38.5 Å². The molecule has 22 heavy (non-hydrogen) atoms. The van der Waals surface area contributed by atoms with E-state index in [1.165, 1.54) is 11.0 Å². The van der Waals surface area contributed by atoms with E-state index in [1.807, 2.05) is 19.1 Å². The molecule has 1 aliphatic carbocycles. The van der Waals surface area contributed by atoms with Gasteiger partial charge in [0, 0.05) is 20.0 Å². The van der Waals surface area contributed by atoms with Crippen molar-refractivity contribution in [2.24, 2.45) is 0 Å². The van der Waals surface area contributed by atoms with Crippen LogP contribution in [0.1, 0.15) is 17.5 Å². The Hall–Kier alpha value is -1.28. The molecule has 1 aliphatic heterocycles. The monoisotopic (exact) mass is 471 g/mol. The number of aryl methyl sites for hydroxylation is 1. The third-order valence-corrected chi connectivity index (χ3v) is 5.61. The molecule has 1 fully saturated rings. The smallest absolute Gasteiger partial charge is 0.261 e. The van der Waals surface area contributed by atoms with Gasteiger partial charge in [0.15, 0.2) is 5.78 Å². The number of nitrogens with zero attached hydrogens (tertiary/aromatic N) is 1. The zero-order valence-electron chi connectivity index (χ0n) is 11.7. The molecule has 1 saturated heterocycles. The number of carbonyl (C=O) groups excluding carboxylic acids is 3. The average molecular weight is 472 g/mol. The average Bonchev–Trinajstić information content (AvgIpc) is 2.69. The summed E-state index contributed by atoms with van der Waals surface area (Å²) < 4.78 is 1.93. The van der Waals surface area contributed by atoms with Crippen molar-refractivity contribution in [1.82, 2.24) is 4.90 Å². The fraction of sp³-hybridized carbons (Fsp3) is 0.188. The lowest BCUT2D eigenvalue weighted by molar-refractivity contribution is -0.137.